The molecule has 0 atom stereocenters. The molecule has 0 amide bonds. The van der Waals surface area contributed by atoms with Crippen LogP contribution < -0.4 is 4.74 Å². The van der Waals surface area contributed by atoms with E-state index in [1.807, 2.05) is 49.5 Å². The SMILES string of the molecule is COc1cccc(CCN=Cc2c(O)n(C)c3ccccc23)c1. The maximum Gasteiger partial charge on any atom is 0.200 e. The molecule has 3 rings (SSSR count). The molecule has 2 aromatic carbocycles. The number of para-hydroxylation sites is 1. The van der Waals surface area contributed by atoms with Crippen molar-refractivity contribution in [3.05, 3.63) is 59.7 Å². The third kappa shape index (κ3) is 3.06. The van der Waals surface area contributed by atoms with Crippen molar-refractivity contribution >= 4 is 17.1 Å². The smallest absolute Gasteiger partial charge is 0.200 e. The monoisotopic (exact) mass is 308 g/mol. The second-order valence-corrected chi connectivity index (χ2v) is 5.45. The molecule has 0 aliphatic carbocycles. The van der Waals surface area contributed by atoms with Crippen LogP contribution >= 0.6 is 0 Å². The maximum atomic E-state index is 10.3. The Morgan fingerprint density at radius 3 is 2.83 bits per heavy atom. The first-order valence-electron chi connectivity index (χ1n) is 7.60. The summed E-state index contributed by atoms with van der Waals surface area (Å²) in [7, 11) is 3.52. The van der Waals surface area contributed by atoms with Crippen LogP contribution in [-0.4, -0.2) is 29.5 Å². The Hall–Kier alpha value is -2.75. The van der Waals surface area contributed by atoms with Crippen LogP contribution in [0.3, 0.4) is 0 Å². The molecule has 0 aliphatic rings. The van der Waals surface area contributed by atoms with Gasteiger partial charge >= 0.3 is 0 Å². The highest BCUT2D eigenvalue weighted by Gasteiger charge is 2.11. The van der Waals surface area contributed by atoms with Gasteiger partial charge in [0.1, 0.15) is 5.75 Å². The zero-order valence-electron chi connectivity index (χ0n) is 13.4. The predicted molar refractivity (Wildman–Crippen MR) is 93.7 cm³/mol. The minimum absolute atomic E-state index is 0.247. The molecule has 0 spiro atoms. The van der Waals surface area contributed by atoms with E-state index in [2.05, 4.69) is 11.1 Å². The van der Waals surface area contributed by atoms with E-state index in [0.29, 0.717) is 6.54 Å². The van der Waals surface area contributed by atoms with Gasteiger partial charge in [-0.15, -0.1) is 0 Å². The number of aryl methyl sites for hydroxylation is 1. The molecule has 23 heavy (non-hydrogen) atoms. The van der Waals surface area contributed by atoms with Crippen molar-refractivity contribution in [3.63, 3.8) is 0 Å². The van der Waals surface area contributed by atoms with E-state index in [1.165, 1.54) is 5.56 Å². The minimum Gasteiger partial charge on any atom is -0.497 e. The number of nitrogens with zero attached hydrogens (tertiary/aromatic N) is 2. The number of methoxy groups -OCH3 is 1. The molecule has 1 N–H and O–H groups in total. The molecule has 118 valence electrons. The molecule has 0 saturated heterocycles. The third-order valence-electron chi connectivity index (χ3n) is 4.00. The molecule has 3 aromatic rings. The quantitative estimate of drug-likeness (QED) is 0.733. The molecule has 1 heterocycles. The second kappa shape index (κ2) is 6.57. The largest absolute Gasteiger partial charge is 0.497 e. The number of aromatic nitrogens is 1. The van der Waals surface area contributed by atoms with Gasteiger partial charge in [-0.3, -0.25) is 4.99 Å². The van der Waals surface area contributed by atoms with Gasteiger partial charge in [0.2, 0.25) is 5.88 Å². The van der Waals surface area contributed by atoms with Gasteiger partial charge in [-0.25, -0.2) is 0 Å². The van der Waals surface area contributed by atoms with Gasteiger partial charge in [-0.05, 0) is 30.2 Å². The van der Waals surface area contributed by atoms with Crippen molar-refractivity contribution in [2.75, 3.05) is 13.7 Å². The van der Waals surface area contributed by atoms with E-state index >= 15 is 0 Å². The van der Waals surface area contributed by atoms with Crippen molar-refractivity contribution in [1.29, 1.82) is 0 Å². The van der Waals surface area contributed by atoms with Gasteiger partial charge in [0.25, 0.3) is 0 Å². The van der Waals surface area contributed by atoms with Crippen LogP contribution in [0.25, 0.3) is 10.9 Å². The van der Waals surface area contributed by atoms with E-state index in [4.69, 9.17) is 4.74 Å². The molecule has 1 aromatic heterocycles. The average molecular weight is 308 g/mol. The summed E-state index contributed by atoms with van der Waals surface area (Å²) >= 11 is 0. The zero-order chi connectivity index (χ0) is 16.2. The van der Waals surface area contributed by atoms with Gasteiger partial charge in [0.05, 0.1) is 18.2 Å². The molecule has 0 radical (unpaired) electrons. The number of aromatic hydroxyl groups is 1. The summed E-state index contributed by atoms with van der Waals surface area (Å²) in [5.74, 6) is 1.11. The highest BCUT2D eigenvalue weighted by Crippen LogP contribution is 2.28. The van der Waals surface area contributed by atoms with Crippen molar-refractivity contribution in [2.24, 2.45) is 12.0 Å². The topological polar surface area (TPSA) is 46.8 Å². The summed E-state index contributed by atoms with van der Waals surface area (Å²) in [6.45, 7) is 0.663. The first-order chi connectivity index (χ1) is 11.2. The number of rotatable bonds is 5. The first kappa shape index (κ1) is 15.2. The third-order valence-corrected chi connectivity index (χ3v) is 4.00. The van der Waals surface area contributed by atoms with Crippen LogP contribution in [-0.2, 0) is 13.5 Å². The van der Waals surface area contributed by atoms with Gasteiger partial charge in [-0.2, -0.15) is 0 Å². The van der Waals surface area contributed by atoms with Gasteiger partial charge in [0.15, 0.2) is 0 Å². The van der Waals surface area contributed by atoms with E-state index < -0.39 is 0 Å². The Morgan fingerprint density at radius 2 is 2.00 bits per heavy atom. The van der Waals surface area contributed by atoms with Gasteiger partial charge < -0.3 is 14.4 Å². The van der Waals surface area contributed by atoms with Crippen molar-refractivity contribution in [3.8, 4) is 11.6 Å². The molecular formula is C19H20N2O2. The highest BCUT2D eigenvalue weighted by atomic mass is 16.5. The van der Waals surface area contributed by atoms with Gasteiger partial charge in [-0.1, -0.05) is 30.3 Å². The van der Waals surface area contributed by atoms with E-state index in [-0.39, 0.29) is 5.88 Å². The van der Waals surface area contributed by atoms with Gasteiger partial charge in [0, 0.05) is 25.2 Å². The van der Waals surface area contributed by atoms with Crippen LogP contribution in [0.5, 0.6) is 11.6 Å². The number of hydrogen-bond acceptors (Lipinski definition) is 3. The lowest BCUT2D eigenvalue weighted by atomic mass is 10.1. The molecule has 0 saturated carbocycles. The second-order valence-electron chi connectivity index (χ2n) is 5.45. The summed E-state index contributed by atoms with van der Waals surface area (Å²) in [4.78, 5) is 4.48. The van der Waals surface area contributed by atoms with Crippen molar-refractivity contribution in [2.45, 2.75) is 6.42 Å². The molecule has 4 heteroatoms. The van der Waals surface area contributed by atoms with E-state index in [1.54, 1.807) is 17.9 Å². The normalized spacial score (nSPS) is 11.4. The molecule has 0 aliphatic heterocycles. The number of aliphatic imine (C=N–C) groups is 1. The summed E-state index contributed by atoms with van der Waals surface area (Å²) in [6.07, 6.45) is 2.59. The summed E-state index contributed by atoms with van der Waals surface area (Å²) < 4.78 is 7.00. The zero-order valence-corrected chi connectivity index (χ0v) is 13.4. The molecule has 0 unspecified atom stereocenters. The number of fused-ring (bicyclic) bond motifs is 1. The summed E-state index contributed by atoms with van der Waals surface area (Å²) in [5.41, 5.74) is 2.96. The number of benzene rings is 2. The molecule has 0 bridgehead atoms. The Labute approximate surface area is 135 Å². The molecular weight excluding hydrogens is 288 g/mol. The van der Waals surface area contributed by atoms with Crippen LogP contribution in [0.4, 0.5) is 0 Å². The average Bonchev–Trinajstić information content (AvgIpc) is 2.84. The lowest BCUT2D eigenvalue weighted by Crippen LogP contribution is -1.92. The van der Waals surface area contributed by atoms with Crippen molar-refractivity contribution < 1.29 is 9.84 Å². The van der Waals surface area contributed by atoms with Crippen LogP contribution in [0.2, 0.25) is 0 Å². The van der Waals surface area contributed by atoms with Crippen LogP contribution in [0, 0.1) is 0 Å². The Balaban J connectivity index is 1.75. The standard InChI is InChI=1S/C19H20N2O2/c1-21-18-9-4-3-8-16(18)17(19(21)22)13-20-11-10-14-6-5-7-15(12-14)23-2/h3-9,12-13,22H,10-11H2,1-2H3. The number of hydrogen-bond donors (Lipinski definition) is 1. The molecule has 4 nitrogen and oxygen atoms in total. The Kier molecular flexibility index (Phi) is 4.33. The lowest BCUT2D eigenvalue weighted by molar-refractivity contribution is 0.414. The minimum atomic E-state index is 0.247. The lowest BCUT2D eigenvalue weighted by Gasteiger charge is -2.02. The predicted octanol–water partition coefficient (Wildman–Crippen LogP) is 3.55. The summed E-state index contributed by atoms with van der Waals surface area (Å²) in [6, 6.07) is 15.9. The molecule has 0 fully saturated rings. The van der Waals surface area contributed by atoms with E-state index in [0.717, 1.165) is 28.6 Å². The van der Waals surface area contributed by atoms with Crippen LogP contribution in [0.1, 0.15) is 11.1 Å². The first-order valence-corrected chi connectivity index (χ1v) is 7.60. The maximum absolute atomic E-state index is 10.3. The fourth-order valence-electron chi connectivity index (χ4n) is 2.71. The Morgan fingerprint density at radius 1 is 1.17 bits per heavy atom. The highest BCUT2D eigenvalue weighted by molar-refractivity contribution is 6.02. The van der Waals surface area contributed by atoms with Crippen LogP contribution in [0.15, 0.2) is 53.5 Å². The fraction of sp³-hybridized carbons (Fsp3) is 0.211. The summed E-state index contributed by atoms with van der Waals surface area (Å²) in [5, 5.41) is 11.3. The van der Waals surface area contributed by atoms with E-state index in [9.17, 15) is 5.11 Å². The van der Waals surface area contributed by atoms with Crippen molar-refractivity contribution in [1.82, 2.24) is 4.57 Å². The fourth-order valence-corrected chi connectivity index (χ4v) is 2.71. The number of ether oxygens (including phenoxy) is 1. The Bertz CT molecular complexity index is 850.